The summed E-state index contributed by atoms with van der Waals surface area (Å²) in [6.07, 6.45) is 3.42. The molecule has 0 saturated carbocycles. The van der Waals surface area contributed by atoms with Crippen LogP contribution in [0.1, 0.15) is 19.8 Å². The first-order valence-corrected chi connectivity index (χ1v) is 3.70. The molecule has 0 atom stereocenters. The standard InChI is InChI=1S/C4H9Cl.C3H5NO/c1-2-3-4-5;1-2-3(4)5/h2-4H2,1H3;2H,1H2,(H2,4,5). The van der Waals surface area contributed by atoms with Crippen LogP contribution in [-0.4, -0.2) is 11.8 Å². The van der Waals surface area contributed by atoms with E-state index in [0.29, 0.717) is 0 Å². The van der Waals surface area contributed by atoms with E-state index in [1.807, 2.05) is 0 Å². The van der Waals surface area contributed by atoms with E-state index in [9.17, 15) is 4.79 Å². The van der Waals surface area contributed by atoms with E-state index >= 15 is 0 Å². The van der Waals surface area contributed by atoms with Gasteiger partial charge in [-0.1, -0.05) is 19.9 Å². The zero-order valence-electron chi connectivity index (χ0n) is 6.27. The molecule has 0 radical (unpaired) electrons. The quantitative estimate of drug-likeness (QED) is 0.499. The van der Waals surface area contributed by atoms with Crippen LogP contribution < -0.4 is 5.73 Å². The largest absolute Gasteiger partial charge is 0.366 e. The molecule has 10 heavy (non-hydrogen) atoms. The molecule has 0 bridgehead atoms. The summed E-state index contributed by atoms with van der Waals surface area (Å²) in [5.41, 5.74) is 4.53. The van der Waals surface area contributed by atoms with Crippen molar-refractivity contribution in [2.75, 3.05) is 5.88 Å². The van der Waals surface area contributed by atoms with Crippen LogP contribution in [0.25, 0.3) is 0 Å². The number of rotatable bonds is 3. The third-order valence-electron chi connectivity index (χ3n) is 0.688. The lowest BCUT2D eigenvalue weighted by Crippen LogP contribution is -2.04. The summed E-state index contributed by atoms with van der Waals surface area (Å²) in [4.78, 5) is 9.47. The normalized spacial score (nSPS) is 7.40. The Kier molecular flexibility index (Phi) is 13.8. The van der Waals surface area contributed by atoms with Gasteiger partial charge in [0, 0.05) is 5.88 Å². The van der Waals surface area contributed by atoms with Gasteiger partial charge in [-0.2, -0.15) is 0 Å². The van der Waals surface area contributed by atoms with E-state index in [2.05, 4.69) is 19.2 Å². The van der Waals surface area contributed by atoms with E-state index in [-0.39, 0.29) is 0 Å². The number of primary amides is 1. The molecule has 0 heterocycles. The second-order valence-corrected chi connectivity index (χ2v) is 2.03. The Labute approximate surface area is 67.0 Å². The van der Waals surface area contributed by atoms with Gasteiger partial charge in [-0.15, -0.1) is 11.6 Å². The Bertz CT molecular complexity index is 91.6. The average Bonchev–Trinajstić information content (AvgIpc) is 1.91. The topological polar surface area (TPSA) is 43.1 Å². The van der Waals surface area contributed by atoms with Crippen molar-refractivity contribution in [3.63, 3.8) is 0 Å². The lowest BCUT2D eigenvalue weighted by molar-refractivity contribution is -0.113. The van der Waals surface area contributed by atoms with Gasteiger partial charge in [0.15, 0.2) is 0 Å². The van der Waals surface area contributed by atoms with Crippen LogP contribution in [0.4, 0.5) is 0 Å². The van der Waals surface area contributed by atoms with Crippen molar-refractivity contribution in [2.45, 2.75) is 19.8 Å². The fourth-order valence-corrected chi connectivity index (χ4v) is 0.401. The molecule has 60 valence electrons. The smallest absolute Gasteiger partial charge is 0.240 e. The monoisotopic (exact) mass is 163 g/mol. The zero-order chi connectivity index (χ0) is 8.41. The molecule has 0 aliphatic rings. The lowest BCUT2D eigenvalue weighted by atomic mass is 10.4. The Morgan fingerprint density at radius 1 is 1.80 bits per heavy atom. The van der Waals surface area contributed by atoms with Crippen LogP contribution in [0.3, 0.4) is 0 Å². The first-order valence-electron chi connectivity index (χ1n) is 3.16. The van der Waals surface area contributed by atoms with E-state index in [1.54, 1.807) is 0 Å². The van der Waals surface area contributed by atoms with Crippen molar-refractivity contribution in [3.8, 4) is 0 Å². The second-order valence-electron chi connectivity index (χ2n) is 1.65. The summed E-state index contributed by atoms with van der Waals surface area (Å²) in [5, 5.41) is 0. The summed E-state index contributed by atoms with van der Waals surface area (Å²) in [7, 11) is 0. The molecule has 1 amide bonds. The third-order valence-corrected chi connectivity index (χ3v) is 0.956. The number of unbranched alkanes of at least 4 members (excludes halogenated alkanes) is 1. The van der Waals surface area contributed by atoms with Crippen molar-refractivity contribution >= 4 is 17.5 Å². The molecule has 0 saturated heterocycles. The molecule has 0 aliphatic carbocycles. The van der Waals surface area contributed by atoms with Crippen LogP contribution in [0.2, 0.25) is 0 Å². The molecular formula is C7H14ClNO. The molecule has 0 fully saturated rings. The Hall–Kier alpha value is -0.500. The molecule has 2 nitrogen and oxygen atoms in total. The van der Waals surface area contributed by atoms with Crippen molar-refractivity contribution < 1.29 is 4.79 Å². The number of hydrogen-bond donors (Lipinski definition) is 1. The minimum absolute atomic E-state index is 0.481. The van der Waals surface area contributed by atoms with Crippen molar-refractivity contribution in [3.05, 3.63) is 12.7 Å². The van der Waals surface area contributed by atoms with Crippen molar-refractivity contribution in [1.82, 2.24) is 0 Å². The molecule has 0 spiro atoms. The lowest BCUT2D eigenvalue weighted by Gasteiger charge is -1.77. The van der Waals surface area contributed by atoms with E-state index < -0.39 is 5.91 Å². The SMILES string of the molecule is C=CC(N)=O.CCCCCl. The highest BCUT2D eigenvalue weighted by molar-refractivity contribution is 6.17. The minimum Gasteiger partial charge on any atom is -0.366 e. The van der Waals surface area contributed by atoms with Gasteiger partial charge in [0.1, 0.15) is 0 Å². The minimum atomic E-state index is -0.481. The molecular weight excluding hydrogens is 150 g/mol. The van der Waals surface area contributed by atoms with E-state index in [0.717, 1.165) is 18.4 Å². The number of hydrogen-bond acceptors (Lipinski definition) is 1. The van der Waals surface area contributed by atoms with E-state index in [1.165, 1.54) is 6.42 Å². The van der Waals surface area contributed by atoms with Gasteiger partial charge in [0.25, 0.3) is 0 Å². The molecule has 0 aliphatic heterocycles. The Morgan fingerprint density at radius 3 is 2.20 bits per heavy atom. The third kappa shape index (κ3) is 25.9. The van der Waals surface area contributed by atoms with Crippen LogP contribution in [0.5, 0.6) is 0 Å². The number of halogens is 1. The second kappa shape index (κ2) is 11.3. The van der Waals surface area contributed by atoms with Gasteiger partial charge >= 0.3 is 0 Å². The van der Waals surface area contributed by atoms with Gasteiger partial charge in [-0.05, 0) is 12.5 Å². The molecule has 2 N–H and O–H groups in total. The van der Waals surface area contributed by atoms with Gasteiger partial charge in [0.2, 0.25) is 5.91 Å². The fraction of sp³-hybridized carbons (Fsp3) is 0.571. The summed E-state index contributed by atoms with van der Waals surface area (Å²) in [6.45, 7) is 5.21. The van der Waals surface area contributed by atoms with Crippen molar-refractivity contribution in [2.24, 2.45) is 5.73 Å². The molecule has 0 aromatic carbocycles. The zero-order valence-corrected chi connectivity index (χ0v) is 7.03. The van der Waals surface area contributed by atoms with E-state index in [4.69, 9.17) is 11.6 Å². The molecule has 0 unspecified atom stereocenters. The fourth-order valence-electron chi connectivity index (χ4n) is 0.134. The predicted octanol–water partition coefficient (Wildman–Crippen LogP) is 1.68. The molecule has 3 heteroatoms. The highest BCUT2D eigenvalue weighted by atomic mass is 35.5. The first-order chi connectivity index (χ1) is 4.68. The van der Waals surface area contributed by atoms with Gasteiger partial charge in [-0.25, -0.2) is 0 Å². The van der Waals surface area contributed by atoms with Gasteiger partial charge < -0.3 is 5.73 Å². The number of carbonyl (C=O) groups excluding carboxylic acids is 1. The maximum atomic E-state index is 9.47. The maximum Gasteiger partial charge on any atom is 0.240 e. The summed E-state index contributed by atoms with van der Waals surface area (Å²) in [5.74, 6) is 0.334. The van der Waals surface area contributed by atoms with Crippen LogP contribution in [0, 0.1) is 0 Å². The average molecular weight is 164 g/mol. The molecule has 0 aromatic rings. The molecule has 0 rings (SSSR count). The summed E-state index contributed by atoms with van der Waals surface area (Å²) >= 11 is 5.30. The number of carbonyl (C=O) groups is 1. The van der Waals surface area contributed by atoms with Crippen LogP contribution >= 0.6 is 11.6 Å². The molecule has 0 aromatic heterocycles. The van der Waals surface area contributed by atoms with Crippen LogP contribution in [-0.2, 0) is 4.79 Å². The highest BCUT2D eigenvalue weighted by Gasteiger charge is 1.70. The predicted molar refractivity (Wildman–Crippen MR) is 45.0 cm³/mol. The highest BCUT2D eigenvalue weighted by Crippen LogP contribution is 1.86. The Morgan fingerprint density at radius 2 is 2.20 bits per heavy atom. The van der Waals surface area contributed by atoms with Gasteiger partial charge in [-0.3, -0.25) is 4.79 Å². The van der Waals surface area contributed by atoms with Crippen LogP contribution in [0.15, 0.2) is 12.7 Å². The van der Waals surface area contributed by atoms with Crippen molar-refractivity contribution in [1.29, 1.82) is 0 Å². The Balaban J connectivity index is 0. The number of nitrogens with two attached hydrogens (primary N) is 1. The summed E-state index contributed by atoms with van der Waals surface area (Å²) < 4.78 is 0. The maximum absolute atomic E-state index is 9.47. The number of alkyl halides is 1. The summed E-state index contributed by atoms with van der Waals surface area (Å²) in [6, 6.07) is 0. The number of amides is 1. The van der Waals surface area contributed by atoms with Gasteiger partial charge in [0.05, 0.1) is 0 Å². The first kappa shape index (κ1) is 12.2.